The molecule has 0 saturated carbocycles. The number of fused-ring (bicyclic) bond motifs is 8. The van der Waals surface area contributed by atoms with Gasteiger partial charge in [-0.1, -0.05) is 72.8 Å². The van der Waals surface area contributed by atoms with Gasteiger partial charge in [-0.15, -0.1) is 22.7 Å². The Labute approximate surface area is 242 Å². The average molecular weight is 547 g/mol. The van der Waals surface area contributed by atoms with Crippen molar-refractivity contribution in [1.82, 2.24) is 0 Å². The van der Waals surface area contributed by atoms with Gasteiger partial charge in [0.15, 0.2) is 0 Å². The van der Waals surface area contributed by atoms with Crippen molar-refractivity contribution in [2.24, 2.45) is 0 Å². The van der Waals surface area contributed by atoms with Crippen molar-refractivity contribution in [3.05, 3.63) is 131 Å². The topological polar surface area (TPSA) is 0 Å². The first-order chi connectivity index (χ1) is 19.8. The molecule has 0 atom stereocenters. The molecule has 2 aromatic heterocycles. The summed E-state index contributed by atoms with van der Waals surface area (Å²) in [6.07, 6.45) is 4.52. The fourth-order valence-electron chi connectivity index (χ4n) is 6.83. The van der Waals surface area contributed by atoms with Gasteiger partial charge in [0.25, 0.3) is 0 Å². The van der Waals surface area contributed by atoms with Gasteiger partial charge in [0.2, 0.25) is 0 Å². The smallest absolute Gasteiger partial charge is 0.0356 e. The molecule has 2 aliphatic rings. The van der Waals surface area contributed by atoms with Gasteiger partial charge in [-0.25, -0.2) is 0 Å². The molecule has 0 amide bonds. The Morgan fingerprint density at radius 2 is 0.800 bits per heavy atom. The van der Waals surface area contributed by atoms with Gasteiger partial charge in [-0.3, -0.25) is 0 Å². The number of hydrogen-bond donors (Lipinski definition) is 0. The second-order valence-electron chi connectivity index (χ2n) is 11.2. The predicted octanol–water partition coefficient (Wildman–Crippen LogP) is 11.0. The quantitative estimate of drug-likeness (QED) is 0.202. The van der Waals surface area contributed by atoms with Crippen molar-refractivity contribution in [2.75, 3.05) is 0 Å². The summed E-state index contributed by atoms with van der Waals surface area (Å²) in [5.74, 6) is 0. The van der Waals surface area contributed by atoms with Gasteiger partial charge in [-0.2, -0.15) is 0 Å². The molecular formula is C38H26S2. The zero-order valence-corrected chi connectivity index (χ0v) is 23.7. The molecule has 9 rings (SSSR count). The number of benzene rings is 5. The fourth-order valence-corrected chi connectivity index (χ4v) is 9.01. The van der Waals surface area contributed by atoms with E-state index in [2.05, 4.69) is 109 Å². The van der Waals surface area contributed by atoms with Crippen LogP contribution in [0.1, 0.15) is 22.3 Å². The third kappa shape index (κ3) is 3.56. The van der Waals surface area contributed by atoms with Crippen LogP contribution in [-0.2, 0) is 25.7 Å². The molecule has 40 heavy (non-hydrogen) atoms. The molecule has 0 nitrogen and oxygen atoms in total. The molecule has 0 aliphatic heterocycles. The molecular weight excluding hydrogens is 521 g/mol. The lowest BCUT2D eigenvalue weighted by molar-refractivity contribution is 0.942. The Hall–Kier alpha value is -3.98. The maximum absolute atomic E-state index is 2.44. The van der Waals surface area contributed by atoms with Crippen LogP contribution < -0.4 is 0 Å². The predicted molar refractivity (Wildman–Crippen MR) is 174 cm³/mol. The van der Waals surface area contributed by atoms with E-state index in [0.29, 0.717) is 0 Å². The maximum atomic E-state index is 2.44. The number of hydrogen-bond acceptors (Lipinski definition) is 2. The Balaban J connectivity index is 1.06. The number of thiophene rings is 2. The van der Waals surface area contributed by atoms with E-state index < -0.39 is 0 Å². The van der Waals surface area contributed by atoms with Crippen LogP contribution in [0.5, 0.6) is 0 Å². The van der Waals surface area contributed by atoms with Crippen LogP contribution in [0.3, 0.4) is 0 Å². The molecule has 0 bridgehead atoms. The molecule has 0 fully saturated rings. The summed E-state index contributed by atoms with van der Waals surface area (Å²) in [5.41, 5.74) is 14.2. The van der Waals surface area contributed by atoms with Crippen molar-refractivity contribution in [1.29, 1.82) is 0 Å². The third-order valence-corrected chi connectivity index (χ3v) is 11.2. The van der Waals surface area contributed by atoms with E-state index >= 15 is 0 Å². The minimum absolute atomic E-state index is 1.12. The lowest BCUT2D eigenvalue weighted by atomic mass is 9.85. The van der Waals surface area contributed by atoms with Crippen LogP contribution in [0.4, 0.5) is 0 Å². The molecule has 2 heteroatoms. The third-order valence-electron chi connectivity index (χ3n) is 8.88. The van der Waals surface area contributed by atoms with E-state index in [0.717, 1.165) is 25.7 Å². The van der Waals surface area contributed by atoms with Crippen LogP contribution in [0.15, 0.2) is 109 Å². The van der Waals surface area contributed by atoms with Crippen molar-refractivity contribution in [2.45, 2.75) is 25.7 Å². The monoisotopic (exact) mass is 546 g/mol. The lowest BCUT2D eigenvalue weighted by Crippen LogP contribution is -2.03. The maximum Gasteiger partial charge on any atom is 0.0356 e. The van der Waals surface area contributed by atoms with Crippen molar-refractivity contribution in [3.63, 3.8) is 0 Å². The molecule has 0 radical (unpaired) electrons. The molecule has 2 aliphatic carbocycles. The Morgan fingerprint density at radius 3 is 1.30 bits per heavy atom. The van der Waals surface area contributed by atoms with E-state index in [9.17, 15) is 0 Å². The zero-order valence-electron chi connectivity index (χ0n) is 22.0. The first-order valence-corrected chi connectivity index (χ1v) is 15.8. The molecule has 0 spiro atoms. The molecule has 0 saturated heterocycles. The summed E-state index contributed by atoms with van der Waals surface area (Å²) < 4.78 is 2.74. The first-order valence-electron chi connectivity index (χ1n) is 14.2. The van der Waals surface area contributed by atoms with Gasteiger partial charge in [0, 0.05) is 19.2 Å². The highest BCUT2D eigenvalue weighted by atomic mass is 32.1. The standard InChI is InChI=1S/C38H26S2/c1-3-7-31-23(5-1)9-11-25-17-27(13-15-33(25)31)35-19-29-21-38-30(22-37(29)39-35)20-36(40-38)28-14-16-34-26(18-28)12-10-24-6-2-4-8-32(24)34/h1-8,13-22H,9-12H2. The fraction of sp³-hybridized carbons (Fsp3) is 0.105. The molecule has 2 heterocycles. The Bertz CT molecular complexity index is 1920. The highest BCUT2D eigenvalue weighted by Crippen LogP contribution is 2.43. The normalized spacial score (nSPS) is 13.6. The first kappa shape index (κ1) is 22.8. The van der Waals surface area contributed by atoms with Crippen LogP contribution in [0.2, 0.25) is 0 Å². The van der Waals surface area contributed by atoms with Gasteiger partial charge >= 0.3 is 0 Å². The van der Waals surface area contributed by atoms with E-state index in [4.69, 9.17) is 0 Å². The summed E-state index contributed by atoms with van der Waals surface area (Å²) in [5, 5.41) is 2.71. The van der Waals surface area contributed by atoms with E-state index in [1.807, 2.05) is 22.7 Å². The van der Waals surface area contributed by atoms with Crippen molar-refractivity contribution < 1.29 is 0 Å². The van der Waals surface area contributed by atoms with Crippen molar-refractivity contribution in [3.8, 4) is 43.1 Å². The largest absolute Gasteiger partial charge is 0.135 e. The molecule has 190 valence electrons. The van der Waals surface area contributed by atoms with Gasteiger partial charge in [0.05, 0.1) is 0 Å². The minimum Gasteiger partial charge on any atom is -0.135 e. The second kappa shape index (κ2) is 8.76. The van der Waals surface area contributed by atoms with E-state index in [1.54, 1.807) is 0 Å². The summed E-state index contributed by atoms with van der Waals surface area (Å²) in [6.45, 7) is 0. The minimum atomic E-state index is 1.12. The molecule has 0 unspecified atom stereocenters. The average Bonchev–Trinajstić information content (AvgIpc) is 3.62. The number of aryl methyl sites for hydroxylation is 4. The molecule has 0 N–H and O–H groups in total. The Morgan fingerprint density at radius 1 is 0.375 bits per heavy atom. The zero-order chi connectivity index (χ0) is 26.2. The summed E-state index contributed by atoms with van der Waals surface area (Å²) >= 11 is 3.85. The highest BCUT2D eigenvalue weighted by Gasteiger charge is 2.19. The lowest BCUT2D eigenvalue weighted by Gasteiger charge is -2.20. The highest BCUT2D eigenvalue weighted by molar-refractivity contribution is 7.23. The Kier molecular flexibility index (Phi) is 4.99. The summed E-state index contributed by atoms with van der Waals surface area (Å²) in [6, 6.07) is 41.6. The summed E-state index contributed by atoms with van der Waals surface area (Å²) in [4.78, 5) is 2.73. The van der Waals surface area contributed by atoms with E-state index in [1.165, 1.54) is 85.6 Å². The van der Waals surface area contributed by atoms with Gasteiger partial charge in [-0.05, 0) is 128 Å². The van der Waals surface area contributed by atoms with Crippen LogP contribution in [0, 0.1) is 0 Å². The van der Waals surface area contributed by atoms with Crippen LogP contribution in [-0.4, -0.2) is 0 Å². The van der Waals surface area contributed by atoms with Crippen LogP contribution in [0.25, 0.3) is 63.3 Å². The number of rotatable bonds is 2. The molecule has 7 aromatic rings. The van der Waals surface area contributed by atoms with Gasteiger partial charge < -0.3 is 0 Å². The SMILES string of the molecule is c1ccc2c(c1)CCc1cc(-c3cc4cc5sc(-c6ccc7c(c6)CCc6ccccc6-7)cc5cc4s3)ccc1-2. The van der Waals surface area contributed by atoms with E-state index in [-0.39, 0.29) is 0 Å². The molecule has 5 aromatic carbocycles. The van der Waals surface area contributed by atoms with Crippen LogP contribution >= 0.6 is 22.7 Å². The summed E-state index contributed by atoms with van der Waals surface area (Å²) in [7, 11) is 0. The van der Waals surface area contributed by atoms with Gasteiger partial charge in [0.1, 0.15) is 0 Å². The second-order valence-corrected chi connectivity index (χ2v) is 13.4. The van der Waals surface area contributed by atoms with Crippen molar-refractivity contribution >= 4 is 42.8 Å².